The largest absolute Gasteiger partial charge is 0.306 e. The second kappa shape index (κ2) is 9.68. The summed E-state index contributed by atoms with van der Waals surface area (Å²) >= 11 is 0. The molecule has 206 valence electrons. The highest BCUT2D eigenvalue weighted by Gasteiger charge is 2.21. The van der Waals surface area contributed by atoms with Crippen LogP contribution >= 0.6 is 0 Å². The van der Waals surface area contributed by atoms with Crippen molar-refractivity contribution in [2.45, 2.75) is 0 Å². The van der Waals surface area contributed by atoms with Crippen molar-refractivity contribution in [3.63, 3.8) is 0 Å². The van der Waals surface area contributed by atoms with Crippen LogP contribution in [0, 0.1) is 0 Å². The molecule has 0 bridgehead atoms. The van der Waals surface area contributed by atoms with Crippen molar-refractivity contribution < 1.29 is 0 Å². The quantitative estimate of drug-likeness (QED) is 0.215. The number of hydrogen-bond acceptors (Lipinski definition) is 5. The van der Waals surface area contributed by atoms with Crippen LogP contribution in [-0.2, 0) is 0 Å². The average molecular weight is 566 g/mol. The van der Waals surface area contributed by atoms with Crippen LogP contribution in [0.3, 0.4) is 0 Å². The van der Waals surface area contributed by atoms with Gasteiger partial charge in [0.2, 0.25) is 0 Å². The lowest BCUT2D eigenvalue weighted by atomic mass is 10.1. The molecule has 7 heterocycles. The molecular formula is C37H23N7. The van der Waals surface area contributed by atoms with E-state index >= 15 is 0 Å². The molecule has 0 atom stereocenters. The van der Waals surface area contributed by atoms with E-state index < -0.39 is 0 Å². The molecule has 7 heteroatoms. The van der Waals surface area contributed by atoms with Gasteiger partial charge in [0.15, 0.2) is 0 Å². The van der Waals surface area contributed by atoms with Crippen molar-refractivity contribution in [2.24, 2.45) is 0 Å². The van der Waals surface area contributed by atoms with Crippen LogP contribution in [0.15, 0.2) is 140 Å². The zero-order chi connectivity index (χ0) is 29.0. The van der Waals surface area contributed by atoms with Gasteiger partial charge in [-0.1, -0.05) is 36.4 Å². The first-order chi connectivity index (χ1) is 21.8. The molecule has 9 aromatic rings. The first-order valence-corrected chi connectivity index (χ1v) is 14.4. The number of pyridine rings is 5. The molecule has 0 aliphatic carbocycles. The van der Waals surface area contributed by atoms with Crippen LogP contribution in [0.1, 0.15) is 0 Å². The van der Waals surface area contributed by atoms with Crippen molar-refractivity contribution in [2.75, 3.05) is 0 Å². The Hall–Kier alpha value is -6.21. The zero-order valence-corrected chi connectivity index (χ0v) is 23.4. The molecule has 7 aromatic heterocycles. The molecule has 0 fully saturated rings. The van der Waals surface area contributed by atoms with Crippen LogP contribution in [0.25, 0.3) is 78.0 Å². The number of nitrogens with zero attached hydrogens (tertiary/aromatic N) is 7. The Balaban J connectivity index is 1.29. The molecule has 0 radical (unpaired) electrons. The van der Waals surface area contributed by atoms with Crippen LogP contribution in [0.4, 0.5) is 0 Å². The van der Waals surface area contributed by atoms with Gasteiger partial charge in [0.05, 0.1) is 33.5 Å². The van der Waals surface area contributed by atoms with E-state index in [1.54, 1.807) is 0 Å². The monoisotopic (exact) mass is 565 g/mol. The molecule has 2 aromatic carbocycles. The Bertz CT molecular complexity index is 2290. The molecule has 0 aliphatic rings. The standard InChI is InChI=1S/C37H23N7/c1-3-19-38-28(7-1)24-11-15-26(16-12-24)43-30-9-5-21-40-34(30)36-32(43)23-33-37(42-36)35-31(10-6-22-41-35)44(33)27-17-13-25(14-18-27)29-8-2-4-20-39-29/h1-23H. The van der Waals surface area contributed by atoms with Gasteiger partial charge in [-0.05, 0) is 78.9 Å². The molecule has 7 nitrogen and oxygen atoms in total. The van der Waals surface area contributed by atoms with Gasteiger partial charge in [0, 0.05) is 47.3 Å². The third kappa shape index (κ3) is 3.73. The first-order valence-electron chi connectivity index (χ1n) is 14.4. The maximum Gasteiger partial charge on any atom is 0.116 e. The lowest BCUT2D eigenvalue weighted by Crippen LogP contribution is -1.97. The minimum atomic E-state index is 0.845. The SMILES string of the molecule is c1ccc(-c2ccc(-n3c4cccnc4c4nc5c6ncccc6n(-c6ccc(-c7ccccn7)cc6)c5cc43)cc2)nc1. The number of hydrogen-bond donors (Lipinski definition) is 0. The smallest absolute Gasteiger partial charge is 0.116 e. The van der Waals surface area contributed by atoms with Crippen LogP contribution < -0.4 is 0 Å². The van der Waals surface area contributed by atoms with Crippen molar-refractivity contribution in [1.29, 1.82) is 0 Å². The summed E-state index contributed by atoms with van der Waals surface area (Å²) in [5, 5.41) is 0. The summed E-state index contributed by atoms with van der Waals surface area (Å²) in [4.78, 5) is 23.9. The summed E-state index contributed by atoms with van der Waals surface area (Å²) < 4.78 is 4.48. The molecule has 0 spiro atoms. The van der Waals surface area contributed by atoms with E-state index in [-0.39, 0.29) is 0 Å². The Morgan fingerprint density at radius 3 is 1.25 bits per heavy atom. The molecule has 44 heavy (non-hydrogen) atoms. The van der Waals surface area contributed by atoms with Gasteiger partial charge in [-0.25, -0.2) is 4.98 Å². The summed E-state index contributed by atoms with van der Waals surface area (Å²) in [6, 6.07) is 39.3. The van der Waals surface area contributed by atoms with Gasteiger partial charge in [-0.15, -0.1) is 0 Å². The molecule has 0 N–H and O–H groups in total. The first kappa shape index (κ1) is 24.4. The molecule has 9 rings (SSSR count). The Kier molecular flexibility index (Phi) is 5.36. The third-order valence-corrected chi connectivity index (χ3v) is 8.14. The predicted octanol–water partition coefficient (Wildman–Crippen LogP) is 8.19. The Morgan fingerprint density at radius 1 is 0.364 bits per heavy atom. The van der Waals surface area contributed by atoms with E-state index in [4.69, 9.17) is 15.0 Å². The van der Waals surface area contributed by atoms with Gasteiger partial charge >= 0.3 is 0 Å². The summed E-state index contributed by atoms with van der Waals surface area (Å²) in [5.74, 6) is 0. The lowest BCUT2D eigenvalue weighted by molar-refractivity contribution is 1.16. The molecule has 0 amide bonds. The fourth-order valence-electron chi connectivity index (χ4n) is 6.15. The number of benzene rings is 2. The molecule has 0 saturated carbocycles. The average Bonchev–Trinajstić information content (AvgIpc) is 3.60. The minimum Gasteiger partial charge on any atom is -0.306 e. The Labute approximate surface area is 251 Å². The summed E-state index contributed by atoms with van der Waals surface area (Å²) in [7, 11) is 0. The van der Waals surface area contributed by atoms with Gasteiger partial charge in [0.1, 0.15) is 22.1 Å². The minimum absolute atomic E-state index is 0.845. The van der Waals surface area contributed by atoms with Crippen LogP contribution in [0.5, 0.6) is 0 Å². The van der Waals surface area contributed by atoms with Crippen LogP contribution in [-0.4, -0.2) is 34.1 Å². The van der Waals surface area contributed by atoms with E-state index in [0.29, 0.717) is 0 Å². The maximum absolute atomic E-state index is 5.27. The highest BCUT2D eigenvalue weighted by atomic mass is 15.1. The number of fused-ring (bicyclic) bond motifs is 6. The molecule has 0 unspecified atom stereocenters. The zero-order valence-electron chi connectivity index (χ0n) is 23.4. The van der Waals surface area contributed by atoms with E-state index in [2.05, 4.69) is 85.8 Å². The second-order valence-electron chi connectivity index (χ2n) is 10.7. The van der Waals surface area contributed by atoms with Crippen molar-refractivity contribution >= 4 is 44.1 Å². The van der Waals surface area contributed by atoms with Gasteiger partial charge in [-0.2, -0.15) is 0 Å². The fraction of sp³-hybridized carbons (Fsp3) is 0. The van der Waals surface area contributed by atoms with E-state index in [9.17, 15) is 0 Å². The van der Waals surface area contributed by atoms with E-state index in [1.807, 2.05) is 73.3 Å². The van der Waals surface area contributed by atoms with Crippen molar-refractivity contribution in [3.05, 3.63) is 140 Å². The van der Waals surface area contributed by atoms with Gasteiger partial charge < -0.3 is 9.13 Å². The summed E-state index contributed by atoms with van der Waals surface area (Å²) in [6.07, 6.45) is 7.29. The second-order valence-corrected chi connectivity index (χ2v) is 10.7. The predicted molar refractivity (Wildman–Crippen MR) is 175 cm³/mol. The van der Waals surface area contributed by atoms with E-state index in [1.165, 1.54) is 0 Å². The van der Waals surface area contributed by atoms with Crippen LogP contribution in [0.2, 0.25) is 0 Å². The van der Waals surface area contributed by atoms with Gasteiger partial charge in [0.25, 0.3) is 0 Å². The third-order valence-electron chi connectivity index (χ3n) is 8.14. The number of aromatic nitrogens is 7. The van der Waals surface area contributed by atoms with Crippen molar-refractivity contribution in [1.82, 2.24) is 34.1 Å². The van der Waals surface area contributed by atoms with Gasteiger partial charge in [-0.3, -0.25) is 19.9 Å². The topological polar surface area (TPSA) is 74.3 Å². The van der Waals surface area contributed by atoms with E-state index in [0.717, 1.165) is 78.0 Å². The molecule has 0 saturated heterocycles. The summed E-state index contributed by atoms with van der Waals surface area (Å²) in [5.41, 5.74) is 13.4. The fourth-order valence-corrected chi connectivity index (χ4v) is 6.15. The normalized spacial score (nSPS) is 11.6. The molecular weight excluding hydrogens is 542 g/mol. The highest BCUT2D eigenvalue weighted by Crippen LogP contribution is 2.36. The highest BCUT2D eigenvalue weighted by molar-refractivity contribution is 6.13. The summed E-state index contributed by atoms with van der Waals surface area (Å²) in [6.45, 7) is 0. The molecule has 0 aliphatic heterocycles. The Morgan fingerprint density at radius 2 is 0.818 bits per heavy atom. The maximum atomic E-state index is 5.27. The lowest BCUT2D eigenvalue weighted by Gasteiger charge is -2.10. The van der Waals surface area contributed by atoms with Crippen molar-refractivity contribution in [3.8, 4) is 33.9 Å². The number of rotatable bonds is 4.